The van der Waals surface area contributed by atoms with Crippen LogP contribution in [0.25, 0.3) is 0 Å². The summed E-state index contributed by atoms with van der Waals surface area (Å²) in [5.41, 5.74) is -1.07. The summed E-state index contributed by atoms with van der Waals surface area (Å²) in [4.78, 5) is 82.6. The number of hydrogen-bond acceptors (Lipinski definition) is 8. The first-order chi connectivity index (χ1) is 23.6. The molecule has 6 rings (SSSR count). The molecular weight excluding hydrogens is 675 g/mol. The SMILES string of the molecule is C=CC(=O)N1CC(C(NC(C)=O)C(=O)N2CC(C3c4cccc(F)c4CN3C(=O)O)C[C@H]2C(=O)N[C@]2(C(=O)NS(=O)(=O)C3CC3)C[C@H]2C=C)C1. The van der Waals surface area contributed by atoms with Gasteiger partial charge in [-0.15, -0.1) is 6.58 Å². The van der Waals surface area contributed by atoms with Gasteiger partial charge >= 0.3 is 6.09 Å². The average Bonchev–Trinajstić information content (AvgIpc) is 3.93. The Bertz CT molecular complexity index is 1790. The van der Waals surface area contributed by atoms with Gasteiger partial charge in [-0.2, -0.15) is 0 Å². The van der Waals surface area contributed by atoms with E-state index in [9.17, 15) is 46.7 Å². The number of halogens is 1. The normalized spacial score (nSPS) is 27.8. The molecule has 0 radical (unpaired) electrons. The van der Waals surface area contributed by atoms with Crippen LogP contribution in [-0.4, -0.2) is 106 Å². The zero-order valence-corrected chi connectivity index (χ0v) is 28.2. The summed E-state index contributed by atoms with van der Waals surface area (Å²) in [5.74, 6) is -5.72. The fourth-order valence-corrected chi connectivity index (χ4v) is 8.93. The van der Waals surface area contributed by atoms with Gasteiger partial charge in [-0.25, -0.2) is 17.6 Å². The van der Waals surface area contributed by atoms with Crippen LogP contribution in [0.15, 0.2) is 43.5 Å². The minimum Gasteiger partial charge on any atom is -0.465 e. The lowest BCUT2D eigenvalue weighted by Gasteiger charge is -2.43. The monoisotopic (exact) mass is 714 g/mol. The van der Waals surface area contributed by atoms with Gasteiger partial charge < -0.3 is 25.5 Å². The summed E-state index contributed by atoms with van der Waals surface area (Å²) in [7, 11) is -3.96. The molecule has 2 saturated carbocycles. The fourth-order valence-electron chi connectivity index (χ4n) is 7.57. The second kappa shape index (κ2) is 12.8. The number of likely N-dealkylation sites (tertiary alicyclic amines) is 2. The molecule has 2 saturated heterocycles. The van der Waals surface area contributed by atoms with Crippen molar-refractivity contribution >= 4 is 45.7 Å². The maximum Gasteiger partial charge on any atom is 0.408 e. The highest BCUT2D eigenvalue weighted by Crippen LogP contribution is 2.47. The molecule has 2 aliphatic carbocycles. The Morgan fingerprint density at radius 2 is 1.78 bits per heavy atom. The van der Waals surface area contributed by atoms with Crippen LogP contribution in [-0.2, 0) is 40.5 Å². The minimum atomic E-state index is -3.96. The van der Waals surface area contributed by atoms with Crippen molar-refractivity contribution in [3.63, 3.8) is 0 Å². The van der Waals surface area contributed by atoms with Crippen LogP contribution in [0.5, 0.6) is 0 Å². The van der Waals surface area contributed by atoms with Crippen LogP contribution in [0.4, 0.5) is 9.18 Å². The van der Waals surface area contributed by atoms with Gasteiger partial charge in [-0.3, -0.25) is 33.6 Å². The molecule has 0 bridgehead atoms. The summed E-state index contributed by atoms with van der Waals surface area (Å²) in [5, 5.41) is 14.8. The maximum absolute atomic E-state index is 14.9. The van der Waals surface area contributed by atoms with Gasteiger partial charge in [0.25, 0.3) is 5.91 Å². The lowest BCUT2D eigenvalue weighted by Crippen LogP contribution is -2.64. The fraction of sp³-hybridized carbons (Fsp3) is 0.515. The van der Waals surface area contributed by atoms with Crippen molar-refractivity contribution in [2.45, 2.75) is 68.1 Å². The summed E-state index contributed by atoms with van der Waals surface area (Å²) < 4.78 is 42.2. The van der Waals surface area contributed by atoms with Gasteiger partial charge in [0.05, 0.1) is 17.8 Å². The Balaban J connectivity index is 1.32. The third-order valence-corrected chi connectivity index (χ3v) is 12.3. The van der Waals surface area contributed by atoms with E-state index in [2.05, 4.69) is 28.5 Å². The van der Waals surface area contributed by atoms with E-state index in [1.54, 1.807) is 6.07 Å². The molecule has 3 unspecified atom stereocenters. The molecule has 3 aliphatic heterocycles. The number of carboxylic acid groups (broad SMARTS) is 1. The van der Waals surface area contributed by atoms with Crippen LogP contribution in [0, 0.1) is 23.6 Å². The standard InChI is InChI=1S/C33H39FN6O9S/c1-4-20-12-33(20,31(45)37-50(48,49)21-9-10-21)36-29(43)25-11-18(28-22-7-6-8-24(34)23(22)16-40(28)32(46)47)15-39(25)30(44)27(35-17(3)41)19-13-38(14-19)26(42)5-2/h4-8,18-21,25,27-28H,1-2,9-16H2,3H3,(H,35,41)(H,36,43)(H,37,45)(H,46,47)/t18?,20-,25+,27?,28?,33-/m1/s1. The van der Waals surface area contributed by atoms with E-state index in [-0.39, 0.29) is 50.5 Å². The van der Waals surface area contributed by atoms with Gasteiger partial charge in [0, 0.05) is 49.9 Å². The van der Waals surface area contributed by atoms with Gasteiger partial charge in [-0.1, -0.05) is 24.8 Å². The second-order valence-corrected chi connectivity index (χ2v) is 15.7. The van der Waals surface area contributed by atoms with E-state index in [1.807, 2.05) is 0 Å². The Labute approximate surface area is 287 Å². The van der Waals surface area contributed by atoms with E-state index < -0.39 is 92.2 Å². The summed E-state index contributed by atoms with van der Waals surface area (Å²) >= 11 is 0. The maximum atomic E-state index is 14.9. The van der Waals surface area contributed by atoms with E-state index in [0.717, 1.165) is 11.0 Å². The number of fused-ring (bicyclic) bond motifs is 1. The van der Waals surface area contributed by atoms with E-state index in [0.29, 0.717) is 18.4 Å². The number of nitrogens with zero attached hydrogens (tertiary/aromatic N) is 3. The molecule has 3 heterocycles. The summed E-state index contributed by atoms with van der Waals surface area (Å²) in [6, 6.07) is 0.885. The van der Waals surface area contributed by atoms with Crippen LogP contribution >= 0.6 is 0 Å². The molecule has 50 heavy (non-hydrogen) atoms. The van der Waals surface area contributed by atoms with Crippen LogP contribution in [0.3, 0.4) is 0 Å². The number of sulfonamides is 1. The summed E-state index contributed by atoms with van der Waals surface area (Å²) in [6.07, 6.45) is 2.01. The molecular formula is C33H39FN6O9S. The number of hydrogen-bond donors (Lipinski definition) is 4. The molecule has 6 atom stereocenters. The first-order valence-corrected chi connectivity index (χ1v) is 17.9. The molecule has 268 valence electrons. The van der Waals surface area contributed by atoms with Gasteiger partial charge in [0.15, 0.2) is 0 Å². The third-order valence-electron chi connectivity index (χ3n) is 10.5. The molecule has 5 aliphatic rings. The largest absolute Gasteiger partial charge is 0.465 e. The smallest absolute Gasteiger partial charge is 0.408 e. The van der Waals surface area contributed by atoms with Crippen molar-refractivity contribution in [3.8, 4) is 0 Å². The van der Waals surface area contributed by atoms with Crippen LogP contribution in [0.1, 0.15) is 49.8 Å². The lowest BCUT2D eigenvalue weighted by atomic mass is 9.90. The predicted molar refractivity (Wildman–Crippen MR) is 173 cm³/mol. The van der Waals surface area contributed by atoms with Crippen LogP contribution < -0.4 is 15.4 Å². The number of benzene rings is 1. The van der Waals surface area contributed by atoms with E-state index in [4.69, 9.17) is 0 Å². The van der Waals surface area contributed by atoms with Crippen molar-refractivity contribution in [1.29, 1.82) is 0 Å². The number of carbonyl (C=O) groups excluding carboxylic acids is 5. The topological polar surface area (TPSA) is 203 Å². The van der Waals surface area contributed by atoms with E-state index in [1.165, 1.54) is 34.9 Å². The van der Waals surface area contributed by atoms with Gasteiger partial charge in [-0.05, 0) is 43.4 Å². The van der Waals surface area contributed by atoms with Crippen molar-refractivity contribution < 1.29 is 46.7 Å². The molecule has 0 aromatic heterocycles. The molecule has 1 aromatic carbocycles. The number of amides is 6. The predicted octanol–water partition coefficient (Wildman–Crippen LogP) is 0.396. The lowest BCUT2D eigenvalue weighted by molar-refractivity contribution is -0.147. The molecule has 4 N–H and O–H groups in total. The third kappa shape index (κ3) is 6.22. The Morgan fingerprint density at radius 3 is 2.36 bits per heavy atom. The van der Waals surface area contributed by atoms with Crippen molar-refractivity contribution in [1.82, 2.24) is 30.1 Å². The van der Waals surface area contributed by atoms with Crippen molar-refractivity contribution in [2.75, 3.05) is 19.6 Å². The zero-order valence-electron chi connectivity index (χ0n) is 27.3. The molecule has 0 spiro atoms. The second-order valence-electron chi connectivity index (χ2n) is 13.7. The average molecular weight is 715 g/mol. The van der Waals surface area contributed by atoms with E-state index >= 15 is 0 Å². The molecule has 17 heteroatoms. The van der Waals surface area contributed by atoms with Crippen molar-refractivity contribution in [3.05, 3.63) is 60.5 Å². The quantitative estimate of drug-likeness (QED) is 0.185. The first-order valence-electron chi connectivity index (χ1n) is 16.4. The Morgan fingerprint density at radius 1 is 1.08 bits per heavy atom. The summed E-state index contributed by atoms with van der Waals surface area (Å²) in [6.45, 7) is 8.23. The van der Waals surface area contributed by atoms with Gasteiger partial charge in [0.1, 0.15) is 23.4 Å². The Hall–Kier alpha value is -4.80. The van der Waals surface area contributed by atoms with Crippen LogP contribution in [0.2, 0.25) is 0 Å². The molecule has 15 nitrogen and oxygen atoms in total. The highest BCUT2D eigenvalue weighted by Gasteiger charge is 2.62. The highest BCUT2D eigenvalue weighted by atomic mass is 32.2. The molecule has 6 amide bonds. The highest BCUT2D eigenvalue weighted by molar-refractivity contribution is 7.91. The van der Waals surface area contributed by atoms with Crippen molar-refractivity contribution in [2.24, 2.45) is 17.8 Å². The number of rotatable bonds is 11. The zero-order chi connectivity index (χ0) is 36.3. The number of nitrogens with one attached hydrogen (secondary N) is 3. The first kappa shape index (κ1) is 35.0. The molecule has 4 fully saturated rings. The van der Waals surface area contributed by atoms with Gasteiger partial charge in [0.2, 0.25) is 33.7 Å². The molecule has 1 aromatic rings. The Kier molecular flexibility index (Phi) is 8.99. The number of carbonyl (C=O) groups is 6. The minimum absolute atomic E-state index is 0.0597.